The van der Waals surface area contributed by atoms with Gasteiger partial charge in [-0.05, 0) is 83.5 Å². The summed E-state index contributed by atoms with van der Waals surface area (Å²) in [6, 6.07) is 45.0. The standard InChI is InChI=1S/C46H38N2/c1-45(2,3)39-24-20-28-19-21-37-38(26-40(46(4,5)6)48-44(37)43(28)47-39)30-14-7-13-29(25-30)31-22-23-36-34-16-9-12-27-11-8-15-33(41(27)34)35-18-10-17-32(31)42(35)36/h7-26H,1-6H3. The van der Waals surface area contributed by atoms with E-state index in [0.29, 0.717) is 0 Å². The van der Waals surface area contributed by atoms with Crippen molar-refractivity contribution in [2.75, 3.05) is 0 Å². The van der Waals surface area contributed by atoms with Crippen molar-refractivity contribution in [3.05, 3.63) is 133 Å². The smallest absolute Gasteiger partial charge is 0.0974 e. The fourth-order valence-corrected chi connectivity index (χ4v) is 7.66. The van der Waals surface area contributed by atoms with Crippen molar-refractivity contribution in [2.24, 2.45) is 0 Å². The topological polar surface area (TPSA) is 25.8 Å². The molecule has 0 spiro atoms. The molecule has 2 heterocycles. The molecule has 9 aromatic rings. The van der Waals surface area contributed by atoms with E-state index >= 15 is 0 Å². The Bertz CT molecular complexity index is 2690. The van der Waals surface area contributed by atoms with Crippen LogP contribution in [0.5, 0.6) is 0 Å². The molecule has 2 heteroatoms. The van der Waals surface area contributed by atoms with Gasteiger partial charge in [0.05, 0.1) is 11.0 Å². The molecule has 0 N–H and O–H groups in total. The van der Waals surface area contributed by atoms with E-state index in [9.17, 15) is 0 Å². The van der Waals surface area contributed by atoms with E-state index in [0.717, 1.165) is 33.2 Å². The predicted octanol–water partition coefficient (Wildman–Crippen LogP) is 12.8. The molecule has 0 aliphatic rings. The molecule has 0 unspecified atom stereocenters. The molecule has 7 aromatic carbocycles. The van der Waals surface area contributed by atoms with Crippen LogP contribution >= 0.6 is 0 Å². The van der Waals surface area contributed by atoms with Crippen LogP contribution in [0.15, 0.2) is 121 Å². The molecule has 0 amide bonds. The molecule has 2 nitrogen and oxygen atoms in total. The van der Waals surface area contributed by atoms with Gasteiger partial charge >= 0.3 is 0 Å². The van der Waals surface area contributed by atoms with Gasteiger partial charge in [-0.1, -0.05) is 145 Å². The number of hydrogen-bond donors (Lipinski definition) is 0. The summed E-state index contributed by atoms with van der Waals surface area (Å²) in [6.07, 6.45) is 0. The predicted molar refractivity (Wildman–Crippen MR) is 207 cm³/mol. The molecule has 0 atom stereocenters. The highest BCUT2D eigenvalue weighted by Crippen LogP contribution is 2.44. The molecule has 2 aromatic heterocycles. The first-order valence-corrected chi connectivity index (χ1v) is 17.0. The van der Waals surface area contributed by atoms with Gasteiger partial charge < -0.3 is 0 Å². The quantitative estimate of drug-likeness (QED) is 0.142. The second-order valence-electron chi connectivity index (χ2n) is 15.5. The van der Waals surface area contributed by atoms with Crippen LogP contribution in [0.2, 0.25) is 0 Å². The lowest BCUT2D eigenvalue weighted by atomic mass is 9.86. The number of pyridine rings is 2. The first-order chi connectivity index (χ1) is 23.1. The van der Waals surface area contributed by atoms with Crippen LogP contribution in [0, 0.1) is 0 Å². The van der Waals surface area contributed by atoms with Crippen LogP contribution in [0.25, 0.3) is 87.1 Å². The van der Waals surface area contributed by atoms with Crippen LogP contribution in [0.1, 0.15) is 52.9 Å². The highest BCUT2D eigenvalue weighted by Gasteiger charge is 2.22. The summed E-state index contributed by atoms with van der Waals surface area (Å²) in [6.45, 7) is 13.4. The van der Waals surface area contributed by atoms with Gasteiger partial charge in [0.25, 0.3) is 0 Å². The van der Waals surface area contributed by atoms with Gasteiger partial charge in [-0.15, -0.1) is 0 Å². The number of nitrogens with zero attached hydrogens (tertiary/aromatic N) is 2. The van der Waals surface area contributed by atoms with Crippen LogP contribution in [0.4, 0.5) is 0 Å². The van der Waals surface area contributed by atoms with E-state index in [-0.39, 0.29) is 10.8 Å². The zero-order valence-corrected chi connectivity index (χ0v) is 28.4. The van der Waals surface area contributed by atoms with Gasteiger partial charge in [-0.3, -0.25) is 0 Å². The van der Waals surface area contributed by atoms with E-state index in [1.54, 1.807) is 0 Å². The van der Waals surface area contributed by atoms with Crippen molar-refractivity contribution in [3.8, 4) is 22.3 Å². The molecule has 0 radical (unpaired) electrons. The molecule has 0 aliphatic heterocycles. The number of rotatable bonds is 2. The Kier molecular flexibility index (Phi) is 6.06. The van der Waals surface area contributed by atoms with Crippen molar-refractivity contribution < 1.29 is 0 Å². The summed E-state index contributed by atoms with van der Waals surface area (Å²) in [5.41, 5.74) is 8.76. The van der Waals surface area contributed by atoms with E-state index in [1.165, 1.54) is 65.3 Å². The molecule has 232 valence electrons. The largest absolute Gasteiger partial charge is 0.250 e. The van der Waals surface area contributed by atoms with Crippen LogP contribution in [-0.2, 0) is 10.8 Å². The van der Waals surface area contributed by atoms with Gasteiger partial charge in [0.1, 0.15) is 0 Å². The summed E-state index contributed by atoms with van der Waals surface area (Å²) in [4.78, 5) is 10.5. The lowest BCUT2D eigenvalue weighted by Crippen LogP contribution is -2.15. The summed E-state index contributed by atoms with van der Waals surface area (Å²) in [5.74, 6) is 0. The van der Waals surface area contributed by atoms with Crippen molar-refractivity contribution in [1.29, 1.82) is 0 Å². The fourth-order valence-electron chi connectivity index (χ4n) is 7.66. The monoisotopic (exact) mass is 618 g/mol. The molecular formula is C46H38N2. The summed E-state index contributed by atoms with van der Waals surface area (Å²) < 4.78 is 0. The Labute approximate surface area is 281 Å². The maximum absolute atomic E-state index is 5.31. The molecule has 0 fully saturated rings. The Morgan fingerprint density at radius 1 is 0.375 bits per heavy atom. The second kappa shape index (κ2) is 10.1. The molecule has 0 bridgehead atoms. The zero-order valence-electron chi connectivity index (χ0n) is 28.4. The average molecular weight is 619 g/mol. The van der Waals surface area contributed by atoms with E-state index in [2.05, 4.69) is 163 Å². The Hall–Kier alpha value is -5.34. The van der Waals surface area contributed by atoms with Gasteiger partial charge in [-0.25, -0.2) is 9.97 Å². The zero-order chi connectivity index (χ0) is 32.9. The summed E-state index contributed by atoms with van der Waals surface area (Å²) >= 11 is 0. The average Bonchev–Trinajstić information content (AvgIpc) is 3.08. The summed E-state index contributed by atoms with van der Waals surface area (Å²) in [7, 11) is 0. The van der Waals surface area contributed by atoms with Crippen LogP contribution in [0.3, 0.4) is 0 Å². The van der Waals surface area contributed by atoms with Gasteiger partial charge in [0.2, 0.25) is 0 Å². The minimum Gasteiger partial charge on any atom is -0.250 e. The number of aromatic nitrogens is 2. The van der Waals surface area contributed by atoms with Crippen molar-refractivity contribution in [2.45, 2.75) is 52.4 Å². The third-order valence-electron chi connectivity index (χ3n) is 10.2. The maximum Gasteiger partial charge on any atom is 0.0974 e. The van der Waals surface area contributed by atoms with E-state index < -0.39 is 0 Å². The maximum atomic E-state index is 5.31. The molecule has 0 saturated carbocycles. The normalized spacial score (nSPS) is 12.8. The van der Waals surface area contributed by atoms with Crippen molar-refractivity contribution in [3.63, 3.8) is 0 Å². The van der Waals surface area contributed by atoms with E-state index in [4.69, 9.17) is 9.97 Å². The first kappa shape index (κ1) is 28.8. The first-order valence-electron chi connectivity index (χ1n) is 17.0. The second-order valence-corrected chi connectivity index (χ2v) is 15.5. The highest BCUT2D eigenvalue weighted by molar-refractivity contribution is 6.34. The van der Waals surface area contributed by atoms with E-state index in [1.807, 2.05) is 0 Å². The fraction of sp³-hybridized carbons (Fsp3) is 0.174. The lowest BCUT2D eigenvalue weighted by Gasteiger charge is -2.22. The Morgan fingerprint density at radius 2 is 0.917 bits per heavy atom. The molecule has 48 heavy (non-hydrogen) atoms. The van der Waals surface area contributed by atoms with Gasteiger partial charge in [0.15, 0.2) is 0 Å². The molecular weight excluding hydrogens is 581 g/mol. The minimum absolute atomic E-state index is 0.0532. The minimum atomic E-state index is -0.125. The third-order valence-corrected chi connectivity index (χ3v) is 10.2. The number of benzene rings is 7. The number of fused-ring (bicyclic) bond motifs is 5. The van der Waals surface area contributed by atoms with Crippen molar-refractivity contribution in [1.82, 2.24) is 9.97 Å². The van der Waals surface area contributed by atoms with Gasteiger partial charge in [0, 0.05) is 33.0 Å². The van der Waals surface area contributed by atoms with Crippen LogP contribution in [-0.4, -0.2) is 9.97 Å². The molecule has 9 rings (SSSR count). The Morgan fingerprint density at radius 3 is 1.62 bits per heavy atom. The van der Waals surface area contributed by atoms with Crippen molar-refractivity contribution >= 4 is 64.9 Å². The summed E-state index contributed by atoms with van der Waals surface area (Å²) in [5, 5.41) is 12.8. The lowest BCUT2D eigenvalue weighted by molar-refractivity contribution is 0.570. The Balaban J connectivity index is 1.30. The highest BCUT2D eigenvalue weighted by atomic mass is 14.8. The molecule has 0 aliphatic carbocycles. The number of hydrogen-bond acceptors (Lipinski definition) is 2. The SMILES string of the molecule is CC(C)(C)c1ccc2ccc3c(-c4cccc(-c5ccc6c7cccc8cccc(c9cccc5c96)c87)c4)cc(C(C)(C)C)nc3c2n1. The van der Waals surface area contributed by atoms with Gasteiger partial charge in [-0.2, -0.15) is 0 Å². The molecule has 0 saturated heterocycles. The van der Waals surface area contributed by atoms with Crippen LogP contribution < -0.4 is 0 Å². The third kappa shape index (κ3) is 4.32.